The van der Waals surface area contributed by atoms with Crippen molar-refractivity contribution in [2.75, 3.05) is 59.7 Å². The zero-order valence-electron chi connectivity index (χ0n) is 12.4. The average Bonchev–Trinajstić information content (AvgIpc) is 2.37. The molecule has 2 fully saturated rings. The van der Waals surface area contributed by atoms with Crippen LogP contribution in [0.2, 0.25) is 0 Å². The molecule has 0 aliphatic carbocycles. The molecule has 0 aromatic heterocycles. The van der Waals surface area contributed by atoms with E-state index in [4.69, 9.17) is 9.47 Å². The van der Waals surface area contributed by atoms with Gasteiger partial charge in [-0.15, -0.1) is 0 Å². The summed E-state index contributed by atoms with van der Waals surface area (Å²) in [5, 5.41) is 0. The minimum Gasteiger partial charge on any atom is -0.380 e. The number of hydrogen-bond donors (Lipinski definition) is 0. The van der Waals surface area contributed by atoms with Crippen molar-refractivity contribution in [2.24, 2.45) is 11.3 Å². The number of carbonyl (C=O) groups excluding carboxylic acids is 1. The number of hydrogen-bond acceptors (Lipinski definition) is 4. The Kier molecular flexibility index (Phi) is 4.81. The lowest BCUT2D eigenvalue weighted by atomic mass is 9.88. The first-order valence-electron chi connectivity index (χ1n) is 7.13. The molecule has 1 atom stereocenters. The minimum absolute atomic E-state index is 0.0488. The van der Waals surface area contributed by atoms with Gasteiger partial charge < -0.3 is 14.4 Å². The van der Waals surface area contributed by atoms with Gasteiger partial charge in [0.1, 0.15) is 0 Å². The summed E-state index contributed by atoms with van der Waals surface area (Å²) in [6, 6.07) is 0. The summed E-state index contributed by atoms with van der Waals surface area (Å²) in [6.45, 7) is 10.8. The van der Waals surface area contributed by atoms with Crippen LogP contribution in [0.1, 0.15) is 13.8 Å². The molecule has 0 bridgehead atoms. The van der Waals surface area contributed by atoms with Crippen LogP contribution in [0, 0.1) is 11.3 Å². The molecular formula is C14H26N2O3. The summed E-state index contributed by atoms with van der Waals surface area (Å²) in [5.74, 6) is 0.285. The van der Waals surface area contributed by atoms with Crippen molar-refractivity contribution in [3.63, 3.8) is 0 Å². The Labute approximate surface area is 115 Å². The highest BCUT2D eigenvalue weighted by molar-refractivity contribution is 5.78. The van der Waals surface area contributed by atoms with Crippen LogP contribution >= 0.6 is 0 Å². The van der Waals surface area contributed by atoms with Crippen LogP contribution in [0.3, 0.4) is 0 Å². The molecule has 0 aromatic rings. The number of amides is 1. The van der Waals surface area contributed by atoms with Crippen LogP contribution in [0.25, 0.3) is 0 Å². The highest BCUT2D eigenvalue weighted by Gasteiger charge is 2.36. The molecule has 0 spiro atoms. The van der Waals surface area contributed by atoms with E-state index in [1.54, 1.807) is 0 Å². The van der Waals surface area contributed by atoms with Gasteiger partial charge in [0.15, 0.2) is 0 Å². The van der Waals surface area contributed by atoms with Gasteiger partial charge in [-0.1, -0.05) is 13.8 Å². The van der Waals surface area contributed by atoms with Crippen molar-refractivity contribution in [2.45, 2.75) is 13.8 Å². The third-order valence-electron chi connectivity index (χ3n) is 3.95. The number of ether oxygens (including phenoxy) is 2. The molecule has 0 unspecified atom stereocenters. The molecule has 2 saturated heterocycles. The van der Waals surface area contributed by atoms with Crippen molar-refractivity contribution in [1.29, 1.82) is 0 Å². The maximum atomic E-state index is 12.4. The van der Waals surface area contributed by atoms with E-state index >= 15 is 0 Å². The van der Waals surface area contributed by atoms with E-state index in [-0.39, 0.29) is 17.2 Å². The highest BCUT2D eigenvalue weighted by Crippen LogP contribution is 2.27. The zero-order chi connectivity index (χ0) is 13.9. The lowest BCUT2D eigenvalue weighted by molar-refractivity contribution is -0.146. The second-order valence-corrected chi connectivity index (χ2v) is 6.31. The van der Waals surface area contributed by atoms with Crippen LogP contribution in [0.4, 0.5) is 0 Å². The van der Waals surface area contributed by atoms with Gasteiger partial charge in [0, 0.05) is 44.6 Å². The van der Waals surface area contributed by atoms with Gasteiger partial charge in [-0.2, -0.15) is 0 Å². The normalized spacial score (nSPS) is 24.6. The average molecular weight is 270 g/mol. The monoisotopic (exact) mass is 270 g/mol. The first kappa shape index (κ1) is 14.8. The molecule has 0 radical (unpaired) electrons. The Bertz CT molecular complexity index is 312. The first-order valence-corrected chi connectivity index (χ1v) is 7.13. The van der Waals surface area contributed by atoms with Crippen LogP contribution < -0.4 is 0 Å². The van der Waals surface area contributed by atoms with Crippen molar-refractivity contribution in [3.05, 3.63) is 0 Å². The van der Waals surface area contributed by atoms with Crippen LogP contribution in [-0.4, -0.2) is 75.4 Å². The fraction of sp³-hybridized carbons (Fsp3) is 0.929. The lowest BCUT2D eigenvalue weighted by Crippen LogP contribution is -2.51. The molecule has 2 rings (SSSR count). The van der Waals surface area contributed by atoms with E-state index < -0.39 is 0 Å². The molecule has 5 heteroatoms. The van der Waals surface area contributed by atoms with Crippen LogP contribution in [0.15, 0.2) is 0 Å². The van der Waals surface area contributed by atoms with Crippen molar-refractivity contribution in [3.8, 4) is 0 Å². The molecular weight excluding hydrogens is 244 g/mol. The molecule has 19 heavy (non-hydrogen) atoms. The topological polar surface area (TPSA) is 42.0 Å². The Morgan fingerprint density at radius 3 is 2.47 bits per heavy atom. The minimum atomic E-state index is 0.0488. The SMILES string of the molecule is C[C@@H](CN1CCOCC1)C(=O)N(C)CC1(C)COC1. The van der Waals surface area contributed by atoms with Gasteiger partial charge in [-0.05, 0) is 0 Å². The summed E-state index contributed by atoms with van der Waals surface area (Å²) in [4.78, 5) is 16.5. The van der Waals surface area contributed by atoms with Gasteiger partial charge in [0.25, 0.3) is 0 Å². The Morgan fingerprint density at radius 1 is 1.32 bits per heavy atom. The predicted octanol–water partition coefficient (Wildman–Crippen LogP) is 0.450. The third-order valence-corrected chi connectivity index (χ3v) is 3.95. The molecule has 2 aliphatic heterocycles. The second-order valence-electron chi connectivity index (χ2n) is 6.31. The van der Waals surface area contributed by atoms with Crippen LogP contribution in [0.5, 0.6) is 0 Å². The maximum Gasteiger partial charge on any atom is 0.226 e. The van der Waals surface area contributed by atoms with E-state index in [0.717, 1.165) is 52.6 Å². The van der Waals surface area contributed by atoms with Gasteiger partial charge in [0.05, 0.1) is 26.4 Å². The molecule has 1 amide bonds. The number of nitrogens with zero attached hydrogens (tertiary/aromatic N) is 2. The Balaban J connectivity index is 1.77. The van der Waals surface area contributed by atoms with Crippen LogP contribution in [-0.2, 0) is 14.3 Å². The quantitative estimate of drug-likeness (QED) is 0.727. The van der Waals surface area contributed by atoms with Gasteiger partial charge >= 0.3 is 0 Å². The molecule has 0 N–H and O–H groups in total. The number of carbonyl (C=O) groups is 1. The number of morpholine rings is 1. The maximum absolute atomic E-state index is 12.4. The molecule has 0 aromatic carbocycles. The van der Waals surface area contributed by atoms with Gasteiger partial charge in [-0.3, -0.25) is 9.69 Å². The summed E-state index contributed by atoms with van der Waals surface area (Å²) >= 11 is 0. The van der Waals surface area contributed by atoms with E-state index in [2.05, 4.69) is 11.8 Å². The van der Waals surface area contributed by atoms with Gasteiger partial charge in [-0.25, -0.2) is 0 Å². The second kappa shape index (κ2) is 6.20. The van der Waals surface area contributed by atoms with E-state index in [1.165, 1.54) is 0 Å². The molecule has 5 nitrogen and oxygen atoms in total. The zero-order valence-corrected chi connectivity index (χ0v) is 12.4. The standard InChI is InChI=1S/C14H26N2O3/c1-12(8-16-4-6-18-7-5-16)13(17)15(3)9-14(2)10-19-11-14/h12H,4-11H2,1-3H3/t12-/m0/s1. The number of rotatable bonds is 5. The first-order chi connectivity index (χ1) is 9.00. The molecule has 0 saturated carbocycles. The predicted molar refractivity (Wildman–Crippen MR) is 73.0 cm³/mol. The summed E-state index contributed by atoms with van der Waals surface area (Å²) in [6.07, 6.45) is 0. The third kappa shape index (κ3) is 3.91. The van der Waals surface area contributed by atoms with Gasteiger partial charge in [0.2, 0.25) is 5.91 Å². The molecule has 2 heterocycles. The summed E-state index contributed by atoms with van der Waals surface area (Å²) in [5.41, 5.74) is 0.156. The van der Waals surface area contributed by atoms with E-state index in [9.17, 15) is 4.79 Å². The fourth-order valence-electron chi connectivity index (χ4n) is 2.82. The van der Waals surface area contributed by atoms with Crippen molar-refractivity contribution < 1.29 is 14.3 Å². The fourth-order valence-corrected chi connectivity index (χ4v) is 2.82. The summed E-state index contributed by atoms with van der Waals surface area (Å²) in [7, 11) is 1.90. The van der Waals surface area contributed by atoms with Crippen molar-refractivity contribution >= 4 is 5.91 Å². The highest BCUT2D eigenvalue weighted by atomic mass is 16.5. The smallest absolute Gasteiger partial charge is 0.226 e. The van der Waals surface area contributed by atoms with E-state index in [1.807, 2.05) is 18.9 Å². The lowest BCUT2D eigenvalue weighted by Gasteiger charge is -2.41. The summed E-state index contributed by atoms with van der Waals surface area (Å²) < 4.78 is 10.6. The Hall–Kier alpha value is -0.650. The Morgan fingerprint density at radius 2 is 1.95 bits per heavy atom. The van der Waals surface area contributed by atoms with Crippen molar-refractivity contribution in [1.82, 2.24) is 9.80 Å². The largest absolute Gasteiger partial charge is 0.380 e. The van der Waals surface area contributed by atoms with E-state index in [0.29, 0.717) is 0 Å². The molecule has 2 aliphatic rings. The molecule has 110 valence electrons.